The maximum Gasteiger partial charge on any atom is 0.307 e. The van der Waals surface area contributed by atoms with Crippen molar-refractivity contribution in [3.8, 4) is 5.75 Å². The van der Waals surface area contributed by atoms with Gasteiger partial charge in [0.05, 0.1) is 0 Å². The van der Waals surface area contributed by atoms with Crippen molar-refractivity contribution in [2.45, 2.75) is 72.6 Å². The van der Waals surface area contributed by atoms with Gasteiger partial charge in [-0.2, -0.15) is 0 Å². The van der Waals surface area contributed by atoms with E-state index in [0.29, 0.717) is 30.6 Å². The van der Waals surface area contributed by atoms with Crippen LogP contribution in [0.3, 0.4) is 0 Å². The second-order valence-corrected chi connectivity index (χ2v) is 11.3. The number of carbonyl (C=O) groups excluding carboxylic acids is 2. The first-order valence-electron chi connectivity index (χ1n) is 14.2. The van der Waals surface area contributed by atoms with Gasteiger partial charge in [0.25, 0.3) is 0 Å². The molecule has 1 aromatic carbocycles. The summed E-state index contributed by atoms with van der Waals surface area (Å²) in [5.74, 6) is 2.72. The third kappa shape index (κ3) is 4.95. The van der Waals surface area contributed by atoms with Gasteiger partial charge in [-0.05, 0) is 103 Å². The minimum atomic E-state index is -0.270. The third-order valence-electron chi connectivity index (χ3n) is 9.31. The molecule has 0 saturated heterocycles. The molecule has 0 bridgehead atoms. The minimum Gasteiger partial charge on any atom is -0.492 e. The van der Waals surface area contributed by atoms with E-state index >= 15 is 0 Å². The van der Waals surface area contributed by atoms with Gasteiger partial charge in [-0.25, -0.2) is 0 Å². The van der Waals surface area contributed by atoms with Gasteiger partial charge in [0.2, 0.25) is 0 Å². The van der Waals surface area contributed by atoms with Crippen LogP contribution in [0.4, 0.5) is 0 Å². The summed E-state index contributed by atoms with van der Waals surface area (Å²) in [4.78, 5) is 27.1. The lowest BCUT2D eigenvalue weighted by Gasteiger charge is -2.47. The molecule has 5 heteroatoms. The molecule has 0 aromatic heterocycles. The fraction of sp³-hybridized carbons (Fsp3) is 0.562. The Morgan fingerprint density at radius 2 is 1.78 bits per heavy atom. The van der Waals surface area contributed by atoms with Crippen molar-refractivity contribution in [2.75, 3.05) is 26.2 Å². The summed E-state index contributed by atoms with van der Waals surface area (Å²) in [5, 5.41) is 0. The van der Waals surface area contributed by atoms with E-state index in [1.807, 2.05) is 0 Å². The van der Waals surface area contributed by atoms with Crippen molar-refractivity contribution in [1.82, 2.24) is 4.90 Å². The Balaban J connectivity index is 1.49. The van der Waals surface area contributed by atoms with Crippen molar-refractivity contribution in [3.63, 3.8) is 0 Å². The maximum atomic E-state index is 13.2. The zero-order valence-electron chi connectivity index (χ0n) is 22.9. The molecule has 0 N–H and O–H groups in total. The molecular weight excluding hydrogens is 462 g/mol. The average molecular weight is 504 g/mol. The highest BCUT2D eigenvalue weighted by molar-refractivity contribution is 5.91. The van der Waals surface area contributed by atoms with E-state index in [4.69, 9.17) is 9.47 Å². The summed E-state index contributed by atoms with van der Waals surface area (Å²) < 4.78 is 11.5. The smallest absolute Gasteiger partial charge is 0.307 e. The van der Waals surface area contributed by atoms with Gasteiger partial charge in [0, 0.05) is 31.7 Å². The Morgan fingerprint density at radius 1 is 1.03 bits per heavy atom. The molecular formula is C32H41NO4. The predicted octanol–water partition coefficient (Wildman–Crippen LogP) is 6.50. The van der Waals surface area contributed by atoms with E-state index in [-0.39, 0.29) is 11.4 Å². The van der Waals surface area contributed by atoms with Gasteiger partial charge in [-0.3, -0.25) is 9.59 Å². The summed E-state index contributed by atoms with van der Waals surface area (Å²) in [5.41, 5.74) is 6.50. The lowest BCUT2D eigenvalue weighted by Crippen LogP contribution is -2.40. The van der Waals surface area contributed by atoms with E-state index in [1.165, 1.54) is 34.8 Å². The summed E-state index contributed by atoms with van der Waals surface area (Å²) in [6, 6.07) is 8.55. The zero-order chi connectivity index (χ0) is 26.2. The molecule has 3 atom stereocenters. The highest BCUT2D eigenvalue weighted by Gasteiger charge is 2.54. The number of hydrogen-bond acceptors (Lipinski definition) is 5. The molecule has 5 rings (SSSR count). The Morgan fingerprint density at radius 3 is 2.49 bits per heavy atom. The Bertz CT molecular complexity index is 1150. The Hall–Kier alpha value is -2.66. The van der Waals surface area contributed by atoms with E-state index in [2.05, 4.69) is 56.0 Å². The Kier molecular flexibility index (Phi) is 7.44. The summed E-state index contributed by atoms with van der Waals surface area (Å²) >= 11 is 0. The van der Waals surface area contributed by atoms with Crippen LogP contribution in [-0.2, 0) is 14.3 Å². The topological polar surface area (TPSA) is 55.8 Å². The molecule has 37 heavy (non-hydrogen) atoms. The van der Waals surface area contributed by atoms with Crippen LogP contribution in [0, 0.1) is 17.3 Å². The lowest BCUT2D eigenvalue weighted by molar-refractivity contribution is -0.137. The molecule has 0 heterocycles. The van der Waals surface area contributed by atoms with Gasteiger partial charge in [-0.1, -0.05) is 32.9 Å². The van der Waals surface area contributed by atoms with Gasteiger partial charge >= 0.3 is 5.97 Å². The normalized spacial score (nSPS) is 27.1. The van der Waals surface area contributed by atoms with Crippen LogP contribution >= 0.6 is 0 Å². The quantitative estimate of drug-likeness (QED) is 0.379. The predicted molar refractivity (Wildman–Crippen MR) is 146 cm³/mol. The van der Waals surface area contributed by atoms with Crippen molar-refractivity contribution >= 4 is 17.3 Å². The number of Topliss-reactive ketones (excluding diaryl/α,β-unsaturated/α-hetero) is 1. The van der Waals surface area contributed by atoms with Crippen LogP contribution in [-0.4, -0.2) is 42.9 Å². The number of benzene rings is 1. The van der Waals surface area contributed by atoms with Crippen LogP contribution < -0.4 is 4.74 Å². The first kappa shape index (κ1) is 26.0. The average Bonchev–Trinajstić information content (AvgIpc) is 3.20. The van der Waals surface area contributed by atoms with Crippen LogP contribution in [0.5, 0.6) is 5.75 Å². The monoisotopic (exact) mass is 503 g/mol. The van der Waals surface area contributed by atoms with Crippen molar-refractivity contribution in [3.05, 3.63) is 58.4 Å². The first-order chi connectivity index (χ1) is 17.8. The van der Waals surface area contributed by atoms with Crippen LogP contribution in [0.15, 0.2) is 52.8 Å². The molecule has 198 valence electrons. The van der Waals surface area contributed by atoms with E-state index in [1.54, 1.807) is 0 Å². The van der Waals surface area contributed by atoms with Crippen molar-refractivity contribution in [1.29, 1.82) is 0 Å². The number of nitrogens with zero attached hydrogens (tertiary/aromatic N) is 1. The summed E-state index contributed by atoms with van der Waals surface area (Å²) in [7, 11) is 0. The minimum absolute atomic E-state index is 0.249. The fourth-order valence-electron chi connectivity index (χ4n) is 7.32. The molecule has 0 aliphatic heterocycles. The molecule has 3 unspecified atom stereocenters. The number of hydrogen-bond donors (Lipinski definition) is 0. The van der Waals surface area contributed by atoms with Crippen molar-refractivity contribution in [2.24, 2.45) is 17.3 Å². The molecule has 1 fully saturated rings. The SMILES string of the molecule is CCN(CC)CCOc1ccc(C2=C3C4=C(C=C(OC(C)=O)CC4)CCC3C3CCC(=O)C3(C)C2)cc1. The molecule has 5 nitrogen and oxygen atoms in total. The standard InChI is InChI=1S/C32H41NO4/c1-5-33(6-2)17-18-36-24-10-7-22(8-11-24)28-20-32(4)29(15-16-30(32)35)27-13-9-23-19-25(37-21(3)34)12-14-26(23)31(27)28/h7-8,10-11,19,27,29H,5-6,9,12-18,20H2,1-4H3. The largest absolute Gasteiger partial charge is 0.492 e. The number of likely N-dealkylation sites (N-methyl/N-ethyl adjacent to an activating group) is 1. The van der Waals surface area contributed by atoms with E-state index in [0.717, 1.165) is 69.7 Å². The van der Waals surface area contributed by atoms with Gasteiger partial charge < -0.3 is 14.4 Å². The molecule has 0 radical (unpaired) electrons. The van der Waals surface area contributed by atoms with Gasteiger partial charge in [0.15, 0.2) is 0 Å². The number of esters is 1. The van der Waals surface area contributed by atoms with E-state index < -0.39 is 0 Å². The highest BCUT2D eigenvalue weighted by atomic mass is 16.5. The number of fused-ring (bicyclic) bond motifs is 4. The zero-order valence-corrected chi connectivity index (χ0v) is 22.9. The van der Waals surface area contributed by atoms with Crippen LogP contribution in [0.2, 0.25) is 0 Å². The van der Waals surface area contributed by atoms with E-state index in [9.17, 15) is 9.59 Å². The van der Waals surface area contributed by atoms with Crippen molar-refractivity contribution < 1.29 is 19.1 Å². The molecule has 0 amide bonds. The summed E-state index contributed by atoms with van der Waals surface area (Å²) in [6.07, 6.45) is 8.33. The second-order valence-electron chi connectivity index (χ2n) is 11.3. The molecule has 4 aliphatic carbocycles. The lowest BCUT2D eigenvalue weighted by atomic mass is 9.56. The number of carbonyl (C=O) groups is 2. The second kappa shape index (κ2) is 10.6. The number of rotatable bonds is 8. The maximum absolute atomic E-state index is 13.2. The Labute approximate surface area is 221 Å². The van der Waals surface area contributed by atoms with Gasteiger partial charge in [-0.15, -0.1) is 0 Å². The summed E-state index contributed by atoms with van der Waals surface area (Å²) in [6.45, 7) is 11.7. The number of ether oxygens (including phenoxy) is 2. The third-order valence-corrected chi connectivity index (χ3v) is 9.31. The highest BCUT2D eigenvalue weighted by Crippen LogP contribution is 2.61. The molecule has 0 spiro atoms. The number of allylic oxidation sites excluding steroid dienone is 6. The molecule has 4 aliphatic rings. The first-order valence-corrected chi connectivity index (χ1v) is 14.2. The molecule has 1 saturated carbocycles. The van der Waals surface area contributed by atoms with Crippen LogP contribution in [0.1, 0.15) is 78.2 Å². The number of ketones is 1. The van der Waals surface area contributed by atoms with Crippen LogP contribution in [0.25, 0.3) is 5.57 Å². The fourth-order valence-corrected chi connectivity index (χ4v) is 7.32. The molecule has 1 aromatic rings. The van der Waals surface area contributed by atoms with Gasteiger partial charge in [0.1, 0.15) is 23.9 Å².